The van der Waals surface area contributed by atoms with Crippen LogP contribution in [0.3, 0.4) is 0 Å². The highest BCUT2D eigenvalue weighted by molar-refractivity contribution is 5.91. The Morgan fingerprint density at radius 3 is 2.15 bits per heavy atom. The molecular weight excluding hydrogens is 500 g/mol. The van der Waals surface area contributed by atoms with Crippen molar-refractivity contribution in [2.45, 2.75) is 39.3 Å². The number of benzene rings is 3. The number of H-pyrrole nitrogens is 1. The number of rotatable bonds is 6. The number of hydrogen-bond acceptors (Lipinski definition) is 7. The molecule has 0 unspecified atom stereocenters. The van der Waals surface area contributed by atoms with Crippen LogP contribution in [-0.2, 0) is 6.54 Å². The molecule has 0 saturated carbocycles. The lowest BCUT2D eigenvalue weighted by Gasteiger charge is -2.32. The molecular formula is C31H34N8O. The minimum Gasteiger partial charge on any atom is -0.397 e. The van der Waals surface area contributed by atoms with Gasteiger partial charge in [0.2, 0.25) is 0 Å². The number of aromatic nitrogens is 4. The first-order valence-electron chi connectivity index (χ1n) is 13.6. The quantitative estimate of drug-likeness (QED) is 0.140. The van der Waals surface area contributed by atoms with Crippen LogP contribution < -0.4 is 22.7 Å². The van der Waals surface area contributed by atoms with Crippen molar-refractivity contribution in [1.29, 1.82) is 0 Å². The lowest BCUT2D eigenvalue weighted by molar-refractivity contribution is 0.177. The number of anilines is 2. The first-order chi connectivity index (χ1) is 19.4. The molecule has 9 nitrogen and oxygen atoms in total. The molecule has 9 heteroatoms. The second kappa shape index (κ2) is 10.6. The molecule has 0 aliphatic carbocycles. The number of nitrogens with two attached hydrogens (primary N) is 2. The molecule has 0 bridgehead atoms. The van der Waals surface area contributed by atoms with Crippen LogP contribution in [0.25, 0.3) is 33.5 Å². The molecule has 0 radical (unpaired) electrons. The van der Waals surface area contributed by atoms with Crippen LogP contribution in [0, 0.1) is 13.8 Å². The summed E-state index contributed by atoms with van der Waals surface area (Å²) in [6.45, 7) is 6.76. The van der Waals surface area contributed by atoms with Gasteiger partial charge in [-0.2, -0.15) is 0 Å². The van der Waals surface area contributed by atoms with Crippen molar-refractivity contribution < 1.29 is 0 Å². The Hall–Kier alpha value is -4.47. The number of nitrogens with one attached hydrogen (secondary N) is 2. The first kappa shape index (κ1) is 25.8. The van der Waals surface area contributed by atoms with E-state index in [1.807, 2.05) is 54.8 Å². The molecule has 40 heavy (non-hydrogen) atoms. The smallest absolute Gasteiger partial charge is 0.326 e. The summed E-state index contributed by atoms with van der Waals surface area (Å²) < 4.78 is 1.94. The minimum absolute atomic E-state index is 0.00914. The van der Waals surface area contributed by atoms with E-state index < -0.39 is 0 Å². The van der Waals surface area contributed by atoms with Gasteiger partial charge in [-0.1, -0.05) is 54.6 Å². The van der Waals surface area contributed by atoms with E-state index >= 15 is 0 Å². The second-order valence-electron chi connectivity index (χ2n) is 10.6. The zero-order chi connectivity index (χ0) is 27.8. The lowest BCUT2D eigenvalue weighted by atomic mass is 10.0. The molecule has 1 saturated heterocycles. The van der Waals surface area contributed by atoms with Crippen LogP contribution in [0.1, 0.15) is 35.8 Å². The van der Waals surface area contributed by atoms with Crippen molar-refractivity contribution in [2.75, 3.05) is 24.2 Å². The van der Waals surface area contributed by atoms with Gasteiger partial charge in [0.1, 0.15) is 0 Å². The molecule has 0 spiro atoms. The van der Waals surface area contributed by atoms with Crippen molar-refractivity contribution in [1.82, 2.24) is 24.4 Å². The van der Waals surface area contributed by atoms with Crippen molar-refractivity contribution in [3.8, 4) is 22.5 Å². The molecule has 3 heterocycles. The summed E-state index contributed by atoms with van der Waals surface area (Å²) in [7, 11) is 0. The van der Waals surface area contributed by atoms with Gasteiger partial charge in [-0.05, 0) is 44.4 Å². The molecule has 1 fully saturated rings. The Morgan fingerprint density at radius 2 is 1.55 bits per heavy atom. The summed E-state index contributed by atoms with van der Waals surface area (Å²) in [4.78, 5) is 27.8. The zero-order valence-electron chi connectivity index (χ0n) is 22.8. The molecule has 0 atom stereocenters. The van der Waals surface area contributed by atoms with Crippen LogP contribution in [0.4, 0.5) is 11.4 Å². The molecule has 5 aromatic rings. The fourth-order valence-electron chi connectivity index (χ4n) is 5.69. The Balaban J connectivity index is 1.24. The Bertz CT molecular complexity index is 1720. The number of hydrazine groups is 1. The third-order valence-corrected chi connectivity index (χ3v) is 8.01. The van der Waals surface area contributed by atoms with Gasteiger partial charge in [0.15, 0.2) is 0 Å². The second-order valence-corrected chi connectivity index (χ2v) is 10.6. The van der Waals surface area contributed by atoms with E-state index in [-0.39, 0.29) is 11.7 Å². The monoisotopic (exact) mass is 534 g/mol. The highest BCUT2D eigenvalue weighted by Crippen LogP contribution is 2.33. The fourth-order valence-corrected chi connectivity index (χ4v) is 5.69. The number of hydrogen-bond donors (Lipinski definition) is 4. The number of imidazole rings is 1. The Kier molecular flexibility index (Phi) is 6.83. The van der Waals surface area contributed by atoms with E-state index in [9.17, 15) is 4.79 Å². The van der Waals surface area contributed by atoms with Crippen LogP contribution in [0.15, 0.2) is 71.5 Å². The van der Waals surface area contributed by atoms with E-state index in [0.717, 1.165) is 71.9 Å². The summed E-state index contributed by atoms with van der Waals surface area (Å²) >= 11 is 0. The van der Waals surface area contributed by atoms with Gasteiger partial charge in [-0.25, -0.2) is 14.8 Å². The van der Waals surface area contributed by atoms with Gasteiger partial charge in [-0.15, -0.1) is 0 Å². The average Bonchev–Trinajstić information content (AvgIpc) is 3.23. The Morgan fingerprint density at radius 1 is 0.925 bits per heavy atom. The van der Waals surface area contributed by atoms with Crippen LogP contribution in [0.5, 0.6) is 0 Å². The number of fused-ring (bicyclic) bond motifs is 1. The van der Waals surface area contributed by atoms with Crippen molar-refractivity contribution in [2.24, 2.45) is 5.84 Å². The maximum absolute atomic E-state index is 12.4. The summed E-state index contributed by atoms with van der Waals surface area (Å²) in [6.07, 6.45) is 1.93. The van der Waals surface area contributed by atoms with Crippen LogP contribution >= 0.6 is 0 Å². The summed E-state index contributed by atoms with van der Waals surface area (Å²) in [6, 6.07) is 22.5. The van der Waals surface area contributed by atoms with Gasteiger partial charge < -0.3 is 16.1 Å². The fraction of sp³-hybridized carbons (Fsp3) is 0.258. The number of aromatic amines is 1. The Labute approximate surface area is 232 Å². The predicted octanol–water partition coefficient (Wildman–Crippen LogP) is 4.78. The summed E-state index contributed by atoms with van der Waals surface area (Å²) in [5, 5.41) is 0. The molecule has 1 aliphatic rings. The highest BCUT2D eigenvalue weighted by atomic mass is 16.1. The first-order valence-corrected chi connectivity index (χ1v) is 13.6. The van der Waals surface area contributed by atoms with Gasteiger partial charge in [0.25, 0.3) is 0 Å². The number of aryl methyl sites for hydroxylation is 1. The van der Waals surface area contributed by atoms with E-state index in [2.05, 4.69) is 39.6 Å². The standard InChI is InChI=1S/C31H34N8O/c1-19-20(2)39(31(40)34-19)24-12-14-38(15-13-24)18-21-8-10-23(11-9-21)30-29(22-6-4-3-5-7-22)36-28-17-26(37-33)25(32)16-27(28)35-30/h3-11,16-17,24,37H,12-15,18,32-33H2,1-2H3,(H,34,40). The maximum atomic E-state index is 12.4. The summed E-state index contributed by atoms with van der Waals surface area (Å²) in [5.41, 5.74) is 18.2. The number of likely N-dealkylation sites (tertiary alicyclic amines) is 1. The van der Waals surface area contributed by atoms with Crippen LogP contribution in [0.2, 0.25) is 0 Å². The molecule has 2 aromatic heterocycles. The molecule has 6 rings (SSSR count). The largest absolute Gasteiger partial charge is 0.397 e. The molecule has 0 amide bonds. The predicted molar refractivity (Wildman–Crippen MR) is 161 cm³/mol. The molecule has 6 N–H and O–H groups in total. The summed E-state index contributed by atoms with van der Waals surface area (Å²) in [5.74, 6) is 5.64. The minimum atomic E-state index is 0.00914. The number of nitrogens with zero attached hydrogens (tertiary/aromatic N) is 4. The van der Waals surface area contributed by atoms with Crippen LogP contribution in [-0.4, -0.2) is 37.5 Å². The zero-order valence-corrected chi connectivity index (χ0v) is 22.8. The van der Waals surface area contributed by atoms with Crippen molar-refractivity contribution in [3.63, 3.8) is 0 Å². The van der Waals surface area contributed by atoms with Gasteiger partial charge in [0.05, 0.1) is 33.8 Å². The van der Waals surface area contributed by atoms with E-state index in [1.54, 1.807) is 6.07 Å². The van der Waals surface area contributed by atoms with E-state index in [1.165, 1.54) is 5.56 Å². The topological polar surface area (TPSA) is 131 Å². The average molecular weight is 535 g/mol. The van der Waals surface area contributed by atoms with Crippen molar-refractivity contribution in [3.05, 3.63) is 94.2 Å². The van der Waals surface area contributed by atoms with Gasteiger partial charge in [0, 0.05) is 48.2 Å². The molecule has 1 aliphatic heterocycles. The van der Waals surface area contributed by atoms with Crippen molar-refractivity contribution >= 4 is 22.4 Å². The SMILES string of the molecule is Cc1[nH]c(=O)n(C2CCN(Cc3ccc(-c4nc5cc(N)c(NN)cc5nc4-c4ccccc4)cc3)CC2)c1C. The molecule has 204 valence electrons. The number of nitrogen functional groups attached to an aromatic ring is 2. The van der Waals surface area contributed by atoms with E-state index in [0.29, 0.717) is 16.9 Å². The van der Waals surface area contributed by atoms with Gasteiger partial charge in [-0.3, -0.25) is 15.3 Å². The number of piperidine rings is 1. The maximum Gasteiger partial charge on any atom is 0.326 e. The lowest BCUT2D eigenvalue weighted by Crippen LogP contribution is -2.37. The van der Waals surface area contributed by atoms with Gasteiger partial charge >= 0.3 is 5.69 Å². The van der Waals surface area contributed by atoms with E-state index in [4.69, 9.17) is 21.5 Å². The molecule has 3 aromatic carbocycles. The normalized spacial score (nSPS) is 14.6. The highest BCUT2D eigenvalue weighted by Gasteiger charge is 2.24. The third-order valence-electron chi connectivity index (χ3n) is 8.01. The third kappa shape index (κ3) is 4.85.